The lowest BCUT2D eigenvalue weighted by Crippen LogP contribution is -2.51. The fraction of sp³-hybridized carbons (Fsp3) is 0.667. The van der Waals surface area contributed by atoms with Crippen molar-refractivity contribution in [1.29, 1.82) is 0 Å². The number of carbonyl (C=O) groups is 2. The van der Waals surface area contributed by atoms with Crippen LogP contribution in [0, 0.1) is 5.92 Å². The molecule has 2 heterocycles. The first kappa shape index (κ1) is 27.7. The third-order valence-corrected chi connectivity index (χ3v) is 9.72. The Kier molecular flexibility index (Phi) is 9.03. The van der Waals surface area contributed by atoms with E-state index in [-0.39, 0.29) is 17.6 Å². The van der Waals surface area contributed by atoms with Gasteiger partial charge in [-0.25, -0.2) is 12.7 Å². The SMILES string of the molecule is CN(C)CCNC(=O)Cc1ccc(CCS(=O)(=O)N2CCC3(CC2)N=C(C2CCCCC2)NC3=O)cc1. The number of carbonyl (C=O) groups excluding carboxylic acids is 2. The van der Waals surface area contributed by atoms with Crippen LogP contribution in [0.5, 0.6) is 0 Å². The fourth-order valence-electron chi connectivity index (χ4n) is 5.45. The summed E-state index contributed by atoms with van der Waals surface area (Å²) in [5, 5.41) is 5.93. The maximum atomic E-state index is 13.0. The van der Waals surface area contributed by atoms with E-state index in [2.05, 4.69) is 10.6 Å². The number of hydrogen-bond donors (Lipinski definition) is 2. The van der Waals surface area contributed by atoms with Crippen molar-refractivity contribution in [1.82, 2.24) is 19.8 Å². The maximum Gasteiger partial charge on any atom is 0.253 e. The van der Waals surface area contributed by atoms with Gasteiger partial charge in [-0.1, -0.05) is 43.5 Å². The smallest absolute Gasteiger partial charge is 0.253 e. The maximum absolute atomic E-state index is 13.0. The van der Waals surface area contributed by atoms with Crippen LogP contribution in [-0.2, 0) is 32.5 Å². The van der Waals surface area contributed by atoms with Crippen LogP contribution in [0.2, 0.25) is 0 Å². The Hall–Kier alpha value is -2.30. The largest absolute Gasteiger partial charge is 0.355 e. The third kappa shape index (κ3) is 7.18. The van der Waals surface area contributed by atoms with E-state index in [9.17, 15) is 18.0 Å². The minimum absolute atomic E-state index is 0.0210. The van der Waals surface area contributed by atoms with E-state index in [0.717, 1.165) is 36.3 Å². The van der Waals surface area contributed by atoms with Crippen LogP contribution in [0.3, 0.4) is 0 Å². The van der Waals surface area contributed by atoms with Gasteiger partial charge in [0.25, 0.3) is 5.91 Å². The molecule has 10 heteroatoms. The van der Waals surface area contributed by atoms with Crippen molar-refractivity contribution in [2.75, 3.05) is 46.0 Å². The molecule has 9 nitrogen and oxygen atoms in total. The summed E-state index contributed by atoms with van der Waals surface area (Å²) in [5.41, 5.74) is 1.02. The highest BCUT2D eigenvalue weighted by molar-refractivity contribution is 7.89. The van der Waals surface area contributed by atoms with Gasteiger partial charge in [-0.2, -0.15) is 0 Å². The standard InChI is InChI=1S/C27H41N5O4S/c1-31(2)18-15-28-24(33)20-22-10-8-21(9-11-22)12-19-37(35,36)32-16-13-27(14-17-32)26(34)29-25(30-27)23-6-4-3-5-7-23/h8-11,23H,3-7,12-20H2,1-2H3,(H,28,33)(H,29,30,34). The number of piperidine rings is 1. The predicted octanol–water partition coefficient (Wildman–Crippen LogP) is 1.72. The van der Waals surface area contributed by atoms with Crippen LogP contribution < -0.4 is 10.6 Å². The molecular weight excluding hydrogens is 490 g/mol. The molecule has 3 aliphatic rings. The van der Waals surface area contributed by atoms with Crippen molar-refractivity contribution < 1.29 is 18.0 Å². The van der Waals surface area contributed by atoms with Gasteiger partial charge < -0.3 is 15.5 Å². The van der Waals surface area contributed by atoms with Crippen molar-refractivity contribution in [2.45, 2.75) is 63.3 Å². The van der Waals surface area contributed by atoms with Gasteiger partial charge in [0.2, 0.25) is 15.9 Å². The van der Waals surface area contributed by atoms with E-state index in [4.69, 9.17) is 4.99 Å². The van der Waals surface area contributed by atoms with Gasteiger partial charge >= 0.3 is 0 Å². The number of hydrogen-bond acceptors (Lipinski definition) is 6. The van der Waals surface area contributed by atoms with Crippen LogP contribution in [0.1, 0.15) is 56.1 Å². The number of aryl methyl sites for hydroxylation is 1. The molecule has 0 radical (unpaired) electrons. The molecule has 2 N–H and O–H groups in total. The highest BCUT2D eigenvalue weighted by atomic mass is 32.2. The molecule has 1 saturated carbocycles. The summed E-state index contributed by atoms with van der Waals surface area (Å²) in [6.45, 7) is 2.04. The van der Waals surface area contributed by atoms with Gasteiger partial charge in [0.15, 0.2) is 0 Å². The average molecular weight is 532 g/mol. The molecule has 0 bridgehead atoms. The lowest BCUT2D eigenvalue weighted by molar-refractivity contribution is -0.125. The Balaban J connectivity index is 1.25. The van der Waals surface area contributed by atoms with Gasteiger partial charge in [0.1, 0.15) is 11.4 Å². The van der Waals surface area contributed by atoms with Crippen molar-refractivity contribution in [3.05, 3.63) is 35.4 Å². The normalized spacial score (nSPS) is 20.7. The van der Waals surface area contributed by atoms with Crippen LogP contribution in [0.15, 0.2) is 29.3 Å². The molecule has 1 saturated heterocycles. The molecule has 4 rings (SSSR count). The number of nitrogens with zero attached hydrogens (tertiary/aromatic N) is 3. The van der Waals surface area contributed by atoms with Crippen LogP contribution >= 0.6 is 0 Å². The van der Waals surface area contributed by atoms with E-state index in [1.54, 1.807) is 0 Å². The number of rotatable bonds is 10. The van der Waals surface area contributed by atoms with E-state index >= 15 is 0 Å². The molecule has 0 aromatic heterocycles. The van der Waals surface area contributed by atoms with Crippen molar-refractivity contribution in [3.63, 3.8) is 0 Å². The van der Waals surface area contributed by atoms with Crippen LogP contribution in [0.25, 0.3) is 0 Å². The molecule has 1 aromatic rings. The summed E-state index contributed by atoms with van der Waals surface area (Å²) in [6.07, 6.45) is 7.31. The average Bonchev–Trinajstić information content (AvgIpc) is 3.19. The van der Waals surface area contributed by atoms with Crippen molar-refractivity contribution in [3.8, 4) is 0 Å². The summed E-state index contributed by atoms with van der Waals surface area (Å²) in [7, 11) is 0.481. The predicted molar refractivity (Wildman–Crippen MR) is 145 cm³/mol. The minimum Gasteiger partial charge on any atom is -0.355 e. The second-order valence-corrected chi connectivity index (χ2v) is 13.0. The Morgan fingerprint density at radius 2 is 1.76 bits per heavy atom. The number of aliphatic imine (C=N–C) groups is 1. The number of nitrogens with one attached hydrogen (secondary N) is 2. The van der Waals surface area contributed by atoms with Crippen molar-refractivity contribution in [2.24, 2.45) is 10.9 Å². The first-order chi connectivity index (χ1) is 17.7. The summed E-state index contributed by atoms with van der Waals surface area (Å²) in [6, 6.07) is 7.57. The zero-order valence-corrected chi connectivity index (χ0v) is 23.0. The molecule has 2 fully saturated rings. The quantitative estimate of drug-likeness (QED) is 0.478. The highest BCUT2D eigenvalue weighted by Crippen LogP contribution is 2.34. The molecule has 2 aliphatic heterocycles. The third-order valence-electron chi connectivity index (χ3n) is 7.85. The first-order valence-electron chi connectivity index (χ1n) is 13.6. The highest BCUT2D eigenvalue weighted by Gasteiger charge is 2.48. The summed E-state index contributed by atoms with van der Waals surface area (Å²) < 4.78 is 27.6. The number of sulfonamides is 1. The summed E-state index contributed by atoms with van der Waals surface area (Å²) in [5.74, 6) is 1.11. The second-order valence-electron chi connectivity index (χ2n) is 10.9. The molecule has 1 aliphatic carbocycles. The first-order valence-corrected chi connectivity index (χ1v) is 15.2. The monoisotopic (exact) mass is 531 g/mol. The second kappa shape index (κ2) is 12.0. The molecule has 0 unspecified atom stereocenters. The Morgan fingerprint density at radius 3 is 2.41 bits per heavy atom. The summed E-state index contributed by atoms with van der Waals surface area (Å²) >= 11 is 0. The Labute approximate surface area is 221 Å². The molecule has 204 valence electrons. The number of benzene rings is 1. The molecule has 2 amide bonds. The Morgan fingerprint density at radius 1 is 1.11 bits per heavy atom. The number of amides is 2. The summed E-state index contributed by atoms with van der Waals surface area (Å²) in [4.78, 5) is 31.8. The Bertz CT molecular complexity index is 1090. The van der Waals surface area contributed by atoms with Crippen LogP contribution in [-0.4, -0.2) is 86.8 Å². The molecule has 1 spiro atoms. The van der Waals surface area contributed by atoms with Gasteiger partial charge in [0.05, 0.1) is 12.2 Å². The minimum atomic E-state index is -3.44. The van der Waals surface area contributed by atoms with Gasteiger partial charge in [0, 0.05) is 32.1 Å². The lowest BCUT2D eigenvalue weighted by Gasteiger charge is -2.34. The van der Waals surface area contributed by atoms with E-state index in [1.807, 2.05) is 43.3 Å². The zero-order valence-electron chi connectivity index (χ0n) is 22.2. The van der Waals surface area contributed by atoms with E-state index in [0.29, 0.717) is 51.2 Å². The molecule has 1 aromatic carbocycles. The lowest BCUT2D eigenvalue weighted by atomic mass is 9.88. The van der Waals surface area contributed by atoms with Gasteiger partial charge in [-0.05, 0) is 57.3 Å². The molecule has 37 heavy (non-hydrogen) atoms. The van der Waals surface area contributed by atoms with Crippen molar-refractivity contribution >= 4 is 27.7 Å². The van der Waals surface area contributed by atoms with E-state index in [1.165, 1.54) is 23.6 Å². The fourth-order valence-corrected chi connectivity index (χ4v) is 6.94. The molecule has 0 atom stereocenters. The van der Waals surface area contributed by atoms with Crippen LogP contribution in [0.4, 0.5) is 0 Å². The van der Waals surface area contributed by atoms with Gasteiger partial charge in [-0.3, -0.25) is 14.6 Å². The zero-order chi connectivity index (χ0) is 26.5. The number of likely N-dealkylation sites (N-methyl/N-ethyl adjacent to an activating group) is 1. The topological polar surface area (TPSA) is 111 Å². The van der Waals surface area contributed by atoms with E-state index < -0.39 is 15.6 Å². The molecular formula is C27H41N5O4S. The number of amidine groups is 1. The van der Waals surface area contributed by atoms with Gasteiger partial charge in [-0.15, -0.1) is 0 Å².